The average Bonchev–Trinajstić information content (AvgIpc) is 2.42. The molecular weight excluding hydrogens is 345 g/mol. The molecule has 0 aliphatic carbocycles. The summed E-state index contributed by atoms with van der Waals surface area (Å²) in [6.07, 6.45) is -1.15. The molecule has 2 rings (SSSR count). The minimum Gasteiger partial charge on any atom is -0.373 e. The van der Waals surface area contributed by atoms with Crippen LogP contribution in [0.3, 0.4) is 0 Å². The molecule has 1 heterocycles. The maximum absolute atomic E-state index is 9.51. The summed E-state index contributed by atoms with van der Waals surface area (Å²) in [5.41, 5.74) is 7.22. The Labute approximate surface area is 144 Å². The number of pyridine rings is 1. The number of halogens is 3. The highest BCUT2D eigenvalue weighted by atomic mass is 35.5. The van der Waals surface area contributed by atoms with Crippen LogP contribution in [0.2, 0.25) is 15.1 Å². The van der Waals surface area contributed by atoms with Gasteiger partial charge in [0, 0.05) is 22.2 Å². The van der Waals surface area contributed by atoms with Crippen molar-refractivity contribution >= 4 is 40.6 Å². The summed E-state index contributed by atoms with van der Waals surface area (Å²) in [6.45, 7) is 3.95. The molecule has 118 valence electrons. The number of anilines is 1. The molecule has 2 aromatic rings. The van der Waals surface area contributed by atoms with Crippen molar-refractivity contribution in [3.05, 3.63) is 45.0 Å². The third kappa shape index (κ3) is 3.83. The van der Waals surface area contributed by atoms with Crippen LogP contribution < -0.4 is 11.1 Å². The number of nitrogens with zero attached hydrogens (tertiary/aromatic N) is 1. The van der Waals surface area contributed by atoms with E-state index in [1.165, 1.54) is 0 Å². The van der Waals surface area contributed by atoms with Gasteiger partial charge in [-0.05, 0) is 38.1 Å². The fraction of sp³-hybridized carbons (Fsp3) is 0.267. The van der Waals surface area contributed by atoms with Crippen molar-refractivity contribution in [2.24, 2.45) is 5.73 Å². The second kappa shape index (κ2) is 7.02. The van der Waals surface area contributed by atoms with Crippen LogP contribution in [-0.4, -0.2) is 16.1 Å². The monoisotopic (exact) mass is 359 g/mol. The lowest BCUT2D eigenvalue weighted by molar-refractivity contribution is 0.181. The maximum Gasteiger partial charge on any atom is 0.145 e. The van der Waals surface area contributed by atoms with Crippen LogP contribution >= 0.6 is 34.8 Å². The van der Waals surface area contributed by atoms with E-state index >= 15 is 0 Å². The SMILES string of the molecule is CC(C)Nc1nc(C(N)O)ccc1-c1cc(Cl)cc(Cl)c1Cl. The quantitative estimate of drug-likeness (QED) is 0.555. The minimum atomic E-state index is -1.15. The number of rotatable bonds is 4. The summed E-state index contributed by atoms with van der Waals surface area (Å²) in [5.74, 6) is 0.553. The van der Waals surface area contributed by atoms with Crippen LogP contribution in [-0.2, 0) is 0 Å². The molecule has 0 spiro atoms. The summed E-state index contributed by atoms with van der Waals surface area (Å²) in [5, 5.41) is 13.9. The van der Waals surface area contributed by atoms with Crippen LogP contribution in [0.25, 0.3) is 11.1 Å². The molecule has 0 bridgehead atoms. The first-order valence-corrected chi connectivity index (χ1v) is 7.79. The number of hydrogen-bond acceptors (Lipinski definition) is 4. The van der Waals surface area contributed by atoms with Crippen LogP contribution in [0.4, 0.5) is 5.82 Å². The first kappa shape index (κ1) is 17.3. The van der Waals surface area contributed by atoms with Gasteiger partial charge in [0.1, 0.15) is 12.0 Å². The van der Waals surface area contributed by atoms with Crippen molar-refractivity contribution in [1.29, 1.82) is 0 Å². The fourth-order valence-corrected chi connectivity index (χ4v) is 2.70. The second-order valence-corrected chi connectivity index (χ2v) is 6.35. The molecule has 1 aromatic carbocycles. The van der Waals surface area contributed by atoms with E-state index in [4.69, 9.17) is 40.5 Å². The van der Waals surface area contributed by atoms with Crippen molar-refractivity contribution in [1.82, 2.24) is 4.98 Å². The molecule has 7 heteroatoms. The van der Waals surface area contributed by atoms with E-state index in [1.807, 2.05) is 13.8 Å². The molecule has 0 fully saturated rings. The first-order valence-electron chi connectivity index (χ1n) is 6.65. The lowest BCUT2D eigenvalue weighted by atomic mass is 10.1. The molecule has 4 nitrogen and oxygen atoms in total. The lowest BCUT2D eigenvalue weighted by Gasteiger charge is -2.17. The zero-order valence-corrected chi connectivity index (χ0v) is 14.3. The average molecular weight is 361 g/mol. The maximum atomic E-state index is 9.51. The summed E-state index contributed by atoms with van der Waals surface area (Å²) in [7, 11) is 0. The number of hydrogen-bond donors (Lipinski definition) is 3. The highest BCUT2D eigenvalue weighted by molar-refractivity contribution is 6.45. The van der Waals surface area contributed by atoms with Gasteiger partial charge in [-0.15, -0.1) is 0 Å². The lowest BCUT2D eigenvalue weighted by Crippen LogP contribution is -2.16. The Kier molecular flexibility index (Phi) is 5.53. The Morgan fingerprint density at radius 3 is 2.41 bits per heavy atom. The topological polar surface area (TPSA) is 71.2 Å². The Balaban J connectivity index is 2.64. The predicted molar refractivity (Wildman–Crippen MR) is 92.6 cm³/mol. The van der Waals surface area contributed by atoms with Gasteiger partial charge >= 0.3 is 0 Å². The third-order valence-electron chi connectivity index (χ3n) is 2.93. The summed E-state index contributed by atoms with van der Waals surface area (Å²) >= 11 is 18.4. The third-order valence-corrected chi connectivity index (χ3v) is 3.95. The zero-order chi connectivity index (χ0) is 16.4. The number of aliphatic hydroxyl groups excluding tert-OH is 1. The Hall–Kier alpha value is -1.04. The Morgan fingerprint density at radius 2 is 1.82 bits per heavy atom. The molecule has 1 aromatic heterocycles. The summed E-state index contributed by atoms with van der Waals surface area (Å²) in [6, 6.07) is 6.84. The number of benzene rings is 1. The van der Waals surface area contributed by atoms with Crippen molar-refractivity contribution in [2.45, 2.75) is 26.1 Å². The van der Waals surface area contributed by atoms with Crippen molar-refractivity contribution in [2.75, 3.05) is 5.32 Å². The van der Waals surface area contributed by atoms with Gasteiger partial charge in [0.05, 0.1) is 15.7 Å². The van der Waals surface area contributed by atoms with Crippen LogP contribution in [0.5, 0.6) is 0 Å². The largest absolute Gasteiger partial charge is 0.373 e. The van der Waals surface area contributed by atoms with Crippen LogP contribution in [0.1, 0.15) is 25.8 Å². The van der Waals surface area contributed by atoms with E-state index in [0.717, 1.165) is 5.56 Å². The molecule has 22 heavy (non-hydrogen) atoms. The van der Waals surface area contributed by atoms with Gasteiger partial charge in [0.15, 0.2) is 0 Å². The van der Waals surface area contributed by atoms with E-state index in [-0.39, 0.29) is 6.04 Å². The van der Waals surface area contributed by atoms with E-state index in [9.17, 15) is 5.11 Å². The Morgan fingerprint density at radius 1 is 1.14 bits per heavy atom. The number of nitrogens with two attached hydrogens (primary N) is 1. The molecule has 4 N–H and O–H groups in total. The molecule has 0 amide bonds. The van der Waals surface area contributed by atoms with E-state index in [1.54, 1.807) is 24.3 Å². The normalized spacial score (nSPS) is 12.5. The first-order chi connectivity index (χ1) is 10.3. The molecule has 0 saturated heterocycles. The molecule has 1 atom stereocenters. The highest BCUT2D eigenvalue weighted by Gasteiger charge is 2.16. The van der Waals surface area contributed by atoms with Crippen molar-refractivity contribution in [3.8, 4) is 11.1 Å². The van der Waals surface area contributed by atoms with Crippen LogP contribution in [0.15, 0.2) is 24.3 Å². The summed E-state index contributed by atoms with van der Waals surface area (Å²) in [4.78, 5) is 4.36. The van der Waals surface area contributed by atoms with Gasteiger partial charge in [-0.1, -0.05) is 34.8 Å². The molecule has 0 saturated carbocycles. The molecule has 0 aliphatic heterocycles. The van der Waals surface area contributed by atoms with Gasteiger partial charge < -0.3 is 16.2 Å². The van der Waals surface area contributed by atoms with E-state index in [2.05, 4.69) is 10.3 Å². The smallest absolute Gasteiger partial charge is 0.145 e. The van der Waals surface area contributed by atoms with Gasteiger partial charge in [-0.3, -0.25) is 0 Å². The minimum absolute atomic E-state index is 0.129. The zero-order valence-electron chi connectivity index (χ0n) is 12.1. The van der Waals surface area contributed by atoms with Crippen molar-refractivity contribution < 1.29 is 5.11 Å². The molecule has 0 aliphatic rings. The summed E-state index contributed by atoms with van der Waals surface area (Å²) < 4.78 is 0. The second-order valence-electron chi connectivity index (χ2n) is 5.13. The number of aromatic nitrogens is 1. The van der Waals surface area contributed by atoms with Crippen molar-refractivity contribution in [3.63, 3.8) is 0 Å². The van der Waals surface area contributed by atoms with Crippen LogP contribution in [0, 0.1) is 0 Å². The standard InChI is InChI=1S/C15H16Cl3N3O/c1-7(2)20-15-9(3-4-12(21-15)14(19)22)10-5-8(16)6-11(17)13(10)18/h3-7,14,22H,19H2,1-2H3,(H,20,21). The van der Waals surface area contributed by atoms with E-state index < -0.39 is 6.23 Å². The van der Waals surface area contributed by atoms with Gasteiger partial charge in [-0.25, -0.2) is 4.98 Å². The van der Waals surface area contributed by atoms with Gasteiger partial charge in [0.2, 0.25) is 0 Å². The number of nitrogens with one attached hydrogen (secondary N) is 1. The van der Waals surface area contributed by atoms with E-state index in [0.29, 0.717) is 32.1 Å². The van der Waals surface area contributed by atoms with Gasteiger partial charge in [-0.2, -0.15) is 0 Å². The molecular formula is C15H16Cl3N3O. The number of aliphatic hydroxyl groups is 1. The Bertz CT molecular complexity index is 690. The highest BCUT2D eigenvalue weighted by Crippen LogP contribution is 2.39. The van der Waals surface area contributed by atoms with Gasteiger partial charge in [0.25, 0.3) is 0 Å². The molecule has 1 unspecified atom stereocenters. The fourth-order valence-electron chi connectivity index (χ4n) is 1.99. The predicted octanol–water partition coefficient (Wildman–Crippen LogP) is 4.48. The molecule has 0 radical (unpaired) electrons.